The fourth-order valence-electron chi connectivity index (χ4n) is 5.52. The van der Waals surface area contributed by atoms with Crippen molar-refractivity contribution in [1.29, 1.82) is 0 Å². The van der Waals surface area contributed by atoms with Crippen LogP contribution in [0.25, 0.3) is 0 Å². The lowest BCUT2D eigenvalue weighted by Gasteiger charge is -2.34. The Labute approximate surface area is 125 Å². The molecule has 1 N–H and O–H groups in total. The van der Waals surface area contributed by atoms with Gasteiger partial charge >= 0.3 is 0 Å². The van der Waals surface area contributed by atoms with Crippen molar-refractivity contribution in [3.05, 3.63) is 35.4 Å². The summed E-state index contributed by atoms with van der Waals surface area (Å²) < 4.78 is 27.2. The van der Waals surface area contributed by atoms with Crippen molar-refractivity contribution >= 4 is 0 Å². The Morgan fingerprint density at radius 1 is 1.10 bits per heavy atom. The van der Waals surface area contributed by atoms with Crippen molar-refractivity contribution in [2.75, 3.05) is 0 Å². The first-order valence-electron chi connectivity index (χ1n) is 8.34. The summed E-state index contributed by atoms with van der Waals surface area (Å²) in [5.74, 6) is 2.84. The van der Waals surface area contributed by atoms with E-state index in [2.05, 4.69) is 5.32 Å². The quantitative estimate of drug-likeness (QED) is 0.868. The molecular weight excluding hydrogens is 268 g/mol. The molecule has 0 amide bonds. The zero-order valence-electron chi connectivity index (χ0n) is 12.5. The van der Waals surface area contributed by atoms with E-state index in [-0.39, 0.29) is 17.7 Å². The van der Waals surface area contributed by atoms with Crippen molar-refractivity contribution in [2.24, 2.45) is 23.7 Å². The molecule has 3 fully saturated rings. The SMILES string of the molecule is CC(NC1CC2CC1C1CCCC21)c1cc(F)ccc1F. The smallest absolute Gasteiger partial charge is 0.128 e. The van der Waals surface area contributed by atoms with Gasteiger partial charge in [0.05, 0.1) is 0 Å². The number of nitrogens with one attached hydrogen (secondary N) is 1. The van der Waals surface area contributed by atoms with Gasteiger partial charge in [0.1, 0.15) is 11.6 Å². The lowest BCUT2D eigenvalue weighted by Crippen LogP contribution is -2.40. The monoisotopic (exact) mass is 291 g/mol. The van der Waals surface area contributed by atoms with Gasteiger partial charge in [0.2, 0.25) is 0 Å². The highest BCUT2D eigenvalue weighted by molar-refractivity contribution is 5.22. The lowest BCUT2D eigenvalue weighted by molar-refractivity contribution is 0.199. The normalized spacial score (nSPS) is 38.7. The maximum absolute atomic E-state index is 13.9. The van der Waals surface area contributed by atoms with Crippen molar-refractivity contribution < 1.29 is 8.78 Å². The van der Waals surface area contributed by atoms with Crippen LogP contribution in [0.5, 0.6) is 0 Å². The van der Waals surface area contributed by atoms with Crippen LogP contribution in [0, 0.1) is 35.3 Å². The van der Waals surface area contributed by atoms with E-state index in [1.165, 1.54) is 50.3 Å². The van der Waals surface area contributed by atoms with Crippen LogP contribution in [0.1, 0.15) is 50.6 Å². The van der Waals surface area contributed by atoms with Crippen LogP contribution in [0.3, 0.4) is 0 Å². The Hall–Kier alpha value is -0.960. The predicted octanol–water partition coefficient (Wildman–Crippen LogP) is 4.44. The van der Waals surface area contributed by atoms with Crippen molar-refractivity contribution in [1.82, 2.24) is 5.32 Å². The molecule has 3 aliphatic rings. The molecule has 1 nitrogen and oxygen atoms in total. The summed E-state index contributed by atoms with van der Waals surface area (Å²) in [4.78, 5) is 0. The lowest BCUT2D eigenvalue weighted by atomic mass is 9.79. The Morgan fingerprint density at radius 3 is 2.76 bits per heavy atom. The van der Waals surface area contributed by atoms with Crippen molar-refractivity contribution in [3.63, 3.8) is 0 Å². The number of fused-ring (bicyclic) bond motifs is 5. The fraction of sp³-hybridized carbons (Fsp3) is 0.667. The molecule has 0 radical (unpaired) electrons. The van der Waals surface area contributed by atoms with Crippen LogP contribution in [0.15, 0.2) is 18.2 Å². The molecule has 0 spiro atoms. The summed E-state index contributed by atoms with van der Waals surface area (Å²) in [5, 5.41) is 3.60. The summed E-state index contributed by atoms with van der Waals surface area (Å²) in [6, 6.07) is 4.12. The van der Waals surface area contributed by atoms with Gasteiger partial charge < -0.3 is 5.32 Å². The van der Waals surface area contributed by atoms with E-state index >= 15 is 0 Å². The number of hydrogen-bond acceptors (Lipinski definition) is 1. The number of rotatable bonds is 3. The van der Waals surface area contributed by atoms with Crippen LogP contribution in [-0.2, 0) is 0 Å². The first-order chi connectivity index (χ1) is 10.1. The molecule has 0 aromatic heterocycles. The summed E-state index contributed by atoms with van der Waals surface area (Å²) in [5.41, 5.74) is 0.459. The van der Waals surface area contributed by atoms with Gasteiger partial charge in [-0.2, -0.15) is 0 Å². The molecule has 3 aliphatic carbocycles. The van der Waals surface area contributed by atoms with E-state index in [0.717, 1.165) is 23.7 Å². The van der Waals surface area contributed by atoms with Gasteiger partial charge in [-0.25, -0.2) is 8.78 Å². The Morgan fingerprint density at radius 2 is 1.90 bits per heavy atom. The Balaban J connectivity index is 1.48. The second-order valence-corrected chi connectivity index (χ2v) is 7.31. The molecule has 6 unspecified atom stereocenters. The van der Waals surface area contributed by atoms with Crippen LogP contribution >= 0.6 is 0 Å². The van der Waals surface area contributed by atoms with E-state index in [1.54, 1.807) is 0 Å². The van der Waals surface area contributed by atoms with Gasteiger partial charge in [-0.05, 0) is 74.5 Å². The second-order valence-electron chi connectivity index (χ2n) is 7.31. The molecule has 3 heteroatoms. The minimum atomic E-state index is -0.358. The molecule has 0 saturated heterocycles. The molecule has 0 aliphatic heterocycles. The van der Waals surface area contributed by atoms with Crippen LogP contribution in [-0.4, -0.2) is 6.04 Å². The topological polar surface area (TPSA) is 12.0 Å². The summed E-state index contributed by atoms with van der Waals surface area (Å²) in [7, 11) is 0. The highest BCUT2D eigenvalue weighted by Gasteiger charge is 2.53. The minimum Gasteiger partial charge on any atom is -0.307 e. The van der Waals surface area contributed by atoms with Gasteiger partial charge in [0.25, 0.3) is 0 Å². The standard InChI is InChI=1S/C18H23F2N/c1-10(15-9-12(19)5-6-17(15)20)21-18-8-11-7-16(18)14-4-2-3-13(11)14/h5-6,9-11,13-14,16,18,21H,2-4,7-8H2,1H3. The van der Waals surface area contributed by atoms with Gasteiger partial charge in [-0.15, -0.1) is 0 Å². The molecule has 6 atom stereocenters. The van der Waals surface area contributed by atoms with Gasteiger partial charge in [-0.1, -0.05) is 6.42 Å². The summed E-state index contributed by atoms with van der Waals surface area (Å²) >= 11 is 0. The van der Waals surface area contributed by atoms with Crippen LogP contribution in [0.2, 0.25) is 0 Å². The fourth-order valence-corrected chi connectivity index (χ4v) is 5.52. The van der Waals surface area contributed by atoms with Gasteiger partial charge in [-0.3, -0.25) is 0 Å². The third-order valence-electron chi connectivity index (χ3n) is 6.32. The Bertz CT molecular complexity index is 544. The van der Waals surface area contributed by atoms with Crippen LogP contribution in [0.4, 0.5) is 8.78 Å². The molecule has 1 aromatic rings. The molecule has 0 heterocycles. The van der Waals surface area contributed by atoms with E-state index < -0.39 is 0 Å². The average molecular weight is 291 g/mol. The van der Waals surface area contributed by atoms with Gasteiger partial charge in [0, 0.05) is 17.6 Å². The zero-order chi connectivity index (χ0) is 14.6. The largest absolute Gasteiger partial charge is 0.307 e. The second kappa shape index (κ2) is 5.05. The predicted molar refractivity (Wildman–Crippen MR) is 78.7 cm³/mol. The number of halogens is 2. The maximum Gasteiger partial charge on any atom is 0.128 e. The highest BCUT2D eigenvalue weighted by atomic mass is 19.1. The molecule has 114 valence electrons. The molecule has 21 heavy (non-hydrogen) atoms. The van der Waals surface area contributed by atoms with E-state index in [1.807, 2.05) is 6.92 Å². The third kappa shape index (κ3) is 2.21. The Kier molecular flexibility index (Phi) is 3.29. The van der Waals surface area contributed by atoms with Crippen LogP contribution < -0.4 is 5.32 Å². The molecule has 1 aromatic carbocycles. The molecule has 3 saturated carbocycles. The van der Waals surface area contributed by atoms with Gasteiger partial charge in [0.15, 0.2) is 0 Å². The summed E-state index contributed by atoms with van der Waals surface area (Å²) in [6.45, 7) is 1.95. The molecular formula is C18H23F2N. The average Bonchev–Trinajstić information content (AvgIpc) is 3.13. The minimum absolute atomic E-state index is 0.120. The first-order valence-corrected chi connectivity index (χ1v) is 8.34. The van der Waals surface area contributed by atoms with Crippen molar-refractivity contribution in [3.8, 4) is 0 Å². The number of hydrogen-bond donors (Lipinski definition) is 1. The van der Waals surface area contributed by atoms with E-state index in [4.69, 9.17) is 0 Å². The molecule has 2 bridgehead atoms. The number of benzene rings is 1. The summed E-state index contributed by atoms with van der Waals surface area (Å²) in [6.07, 6.45) is 6.78. The molecule has 4 rings (SSSR count). The highest BCUT2D eigenvalue weighted by Crippen LogP contribution is 2.58. The van der Waals surface area contributed by atoms with E-state index in [9.17, 15) is 8.78 Å². The van der Waals surface area contributed by atoms with Crippen molar-refractivity contribution in [2.45, 2.75) is 51.1 Å². The van der Waals surface area contributed by atoms with E-state index in [0.29, 0.717) is 11.6 Å². The first kappa shape index (κ1) is 13.7. The maximum atomic E-state index is 13.9. The zero-order valence-corrected chi connectivity index (χ0v) is 12.5. The third-order valence-corrected chi connectivity index (χ3v) is 6.32.